The number of aromatic nitrogens is 1. The predicted octanol–water partition coefficient (Wildman–Crippen LogP) is 1.83. The van der Waals surface area contributed by atoms with Crippen molar-refractivity contribution in [1.29, 1.82) is 0 Å². The molecule has 0 aliphatic heterocycles. The van der Waals surface area contributed by atoms with E-state index in [-0.39, 0.29) is 12.1 Å². The normalized spacial score (nSPS) is 15.6. The van der Waals surface area contributed by atoms with Gasteiger partial charge in [-0.05, 0) is 34.0 Å². The van der Waals surface area contributed by atoms with E-state index in [1.165, 1.54) is 0 Å². The van der Waals surface area contributed by atoms with Crippen LogP contribution in [0.15, 0.2) is 22.8 Å². The molecule has 0 saturated heterocycles. The number of nitrogens with zero attached hydrogens (tertiary/aromatic N) is 1. The summed E-state index contributed by atoms with van der Waals surface area (Å²) in [7, 11) is 0. The highest BCUT2D eigenvalue weighted by atomic mass is 79.9. The average Bonchev–Trinajstić information content (AvgIpc) is 2.15. The largest absolute Gasteiger partial charge is 0.326 e. The average molecular weight is 258 g/mol. The lowest BCUT2D eigenvalue weighted by molar-refractivity contribution is 0.417. The Hall–Kier alpha value is -0.450. The lowest BCUT2D eigenvalue weighted by Crippen LogP contribution is -2.38. The second-order valence-corrected chi connectivity index (χ2v) is 4.54. The van der Waals surface area contributed by atoms with Crippen LogP contribution in [0.4, 0.5) is 0 Å². The molecule has 2 unspecified atom stereocenters. The number of hydrogen-bond acceptors (Lipinski definition) is 3. The van der Waals surface area contributed by atoms with E-state index in [9.17, 15) is 0 Å². The van der Waals surface area contributed by atoms with Crippen molar-refractivity contribution in [3.05, 3.63) is 28.5 Å². The molecule has 4 N–H and O–H groups in total. The summed E-state index contributed by atoms with van der Waals surface area (Å²) >= 11 is 3.31. The molecular formula is C10H16BrN3. The zero-order valence-electron chi connectivity index (χ0n) is 8.44. The molecule has 78 valence electrons. The second-order valence-electron chi connectivity index (χ2n) is 3.73. The molecule has 4 heteroatoms. The van der Waals surface area contributed by atoms with Crippen molar-refractivity contribution >= 4 is 15.9 Å². The minimum atomic E-state index is -0.201. The summed E-state index contributed by atoms with van der Waals surface area (Å²) in [6.45, 7) is 4.12. The Morgan fingerprint density at radius 3 is 2.43 bits per heavy atom. The van der Waals surface area contributed by atoms with Gasteiger partial charge in [-0.3, -0.25) is 0 Å². The Labute approximate surface area is 93.0 Å². The fourth-order valence-corrected chi connectivity index (χ4v) is 1.58. The summed E-state index contributed by atoms with van der Waals surface area (Å²) in [5.74, 6) is 0.353. The maximum absolute atomic E-state index is 6.00. The SMILES string of the molecule is CC(C)C(N)C(N)c1cccc(Br)n1. The van der Waals surface area contributed by atoms with Gasteiger partial charge < -0.3 is 11.5 Å². The first-order valence-corrected chi connectivity index (χ1v) is 5.45. The lowest BCUT2D eigenvalue weighted by Gasteiger charge is -2.22. The van der Waals surface area contributed by atoms with Gasteiger partial charge in [-0.25, -0.2) is 4.98 Å². The molecule has 1 heterocycles. The minimum Gasteiger partial charge on any atom is -0.326 e. The van der Waals surface area contributed by atoms with E-state index in [4.69, 9.17) is 11.5 Å². The van der Waals surface area contributed by atoms with Gasteiger partial charge in [0, 0.05) is 6.04 Å². The van der Waals surface area contributed by atoms with Gasteiger partial charge in [0.1, 0.15) is 4.60 Å². The van der Waals surface area contributed by atoms with Crippen molar-refractivity contribution in [1.82, 2.24) is 4.98 Å². The van der Waals surface area contributed by atoms with Crippen LogP contribution in [0.5, 0.6) is 0 Å². The number of hydrogen-bond donors (Lipinski definition) is 2. The van der Waals surface area contributed by atoms with E-state index in [2.05, 4.69) is 34.8 Å². The van der Waals surface area contributed by atoms with E-state index in [0.29, 0.717) is 5.92 Å². The fourth-order valence-electron chi connectivity index (χ4n) is 1.22. The van der Waals surface area contributed by atoms with Crippen molar-refractivity contribution in [3.8, 4) is 0 Å². The van der Waals surface area contributed by atoms with Gasteiger partial charge in [-0.1, -0.05) is 19.9 Å². The van der Waals surface area contributed by atoms with E-state index >= 15 is 0 Å². The summed E-state index contributed by atoms with van der Waals surface area (Å²) < 4.78 is 0.793. The molecule has 0 fully saturated rings. The van der Waals surface area contributed by atoms with Crippen molar-refractivity contribution in [2.45, 2.75) is 25.9 Å². The number of pyridine rings is 1. The maximum atomic E-state index is 6.00. The molecule has 0 amide bonds. The molecule has 3 nitrogen and oxygen atoms in total. The molecular weight excluding hydrogens is 242 g/mol. The number of nitrogens with two attached hydrogens (primary N) is 2. The van der Waals surface area contributed by atoms with Crippen LogP contribution in [0.25, 0.3) is 0 Å². The third-order valence-electron chi connectivity index (χ3n) is 2.26. The first kappa shape index (κ1) is 11.6. The van der Waals surface area contributed by atoms with Gasteiger partial charge in [-0.2, -0.15) is 0 Å². The van der Waals surface area contributed by atoms with Crippen molar-refractivity contribution < 1.29 is 0 Å². The molecule has 1 aromatic rings. The molecule has 1 aromatic heterocycles. The first-order valence-electron chi connectivity index (χ1n) is 4.66. The highest BCUT2D eigenvalue weighted by molar-refractivity contribution is 9.10. The molecule has 0 radical (unpaired) electrons. The topological polar surface area (TPSA) is 64.9 Å². The van der Waals surface area contributed by atoms with Crippen molar-refractivity contribution in [2.75, 3.05) is 0 Å². The molecule has 0 spiro atoms. The van der Waals surface area contributed by atoms with Gasteiger partial charge in [0.25, 0.3) is 0 Å². The highest BCUT2D eigenvalue weighted by Gasteiger charge is 2.19. The molecule has 0 bridgehead atoms. The highest BCUT2D eigenvalue weighted by Crippen LogP contribution is 2.17. The summed E-state index contributed by atoms with van der Waals surface area (Å²) in [5.41, 5.74) is 12.8. The number of rotatable bonds is 3. The molecule has 1 rings (SSSR count). The van der Waals surface area contributed by atoms with Crippen LogP contribution >= 0.6 is 15.9 Å². The zero-order chi connectivity index (χ0) is 10.7. The Kier molecular flexibility index (Phi) is 4.04. The van der Waals surface area contributed by atoms with Crippen LogP contribution in [-0.4, -0.2) is 11.0 Å². The van der Waals surface area contributed by atoms with Gasteiger partial charge in [-0.15, -0.1) is 0 Å². The van der Waals surface area contributed by atoms with E-state index in [0.717, 1.165) is 10.3 Å². The Morgan fingerprint density at radius 2 is 1.93 bits per heavy atom. The van der Waals surface area contributed by atoms with Gasteiger partial charge >= 0.3 is 0 Å². The van der Waals surface area contributed by atoms with Gasteiger partial charge in [0.05, 0.1) is 11.7 Å². The quantitative estimate of drug-likeness (QED) is 0.813. The summed E-state index contributed by atoms with van der Waals surface area (Å²) in [5, 5.41) is 0. The summed E-state index contributed by atoms with van der Waals surface area (Å²) in [6.07, 6.45) is 0. The Morgan fingerprint density at radius 1 is 1.29 bits per heavy atom. The molecule has 0 aliphatic carbocycles. The molecule has 14 heavy (non-hydrogen) atoms. The second kappa shape index (κ2) is 4.87. The van der Waals surface area contributed by atoms with E-state index in [1.807, 2.05) is 18.2 Å². The lowest BCUT2D eigenvalue weighted by atomic mass is 9.95. The fraction of sp³-hybridized carbons (Fsp3) is 0.500. The number of halogens is 1. The van der Waals surface area contributed by atoms with E-state index < -0.39 is 0 Å². The molecule has 0 saturated carbocycles. The van der Waals surface area contributed by atoms with Crippen LogP contribution in [0.3, 0.4) is 0 Å². The monoisotopic (exact) mass is 257 g/mol. The van der Waals surface area contributed by atoms with Crippen LogP contribution in [0.1, 0.15) is 25.6 Å². The third-order valence-corrected chi connectivity index (χ3v) is 2.70. The van der Waals surface area contributed by atoms with Gasteiger partial charge in [0.2, 0.25) is 0 Å². The van der Waals surface area contributed by atoms with E-state index in [1.54, 1.807) is 0 Å². The summed E-state index contributed by atoms with van der Waals surface area (Å²) in [4.78, 5) is 4.29. The molecule has 0 aromatic carbocycles. The first-order chi connectivity index (χ1) is 6.52. The molecule has 0 aliphatic rings. The smallest absolute Gasteiger partial charge is 0.106 e. The molecule has 2 atom stereocenters. The Bertz CT molecular complexity index is 301. The van der Waals surface area contributed by atoms with Crippen molar-refractivity contribution in [3.63, 3.8) is 0 Å². The van der Waals surface area contributed by atoms with Crippen LogP contribution in [-0.2, 0) is 0 Å². The standard InChI is InChI=1S/C10H16BrN3/c1-6(2)9(12)10(13)7-4-3-5-8(11)14-7/h3-6,9-10H,12-13H2,1-2H3. The maximum Gasteiger partial charge on any atom is 0.106 e. The zero-order valence-corrected chi connectivity index (χ0v) is 10.0. The minimum absolute atomic E-state index is 0.0585. The Balaban J connectivity index is 2.83. The van der Waals surface area contributed by atoms with Crippen LogP contribution in [0.2, 0.25) is 0 Å². The van der Waals surface area contributed by atoms with Gasteiger partial charge in [0.15, 0.2) is 0 Å². The van der Waals surface area contributed by atoms with Crippen LogP contribution in [0, 0.1) is 5.92 Å². The third kappa shape index (κ3) is 2.77. The van der Waals surface area contributed by atoms with Crippen molar-refractivity contribution in [2.24, 2.45) is 17.4 Å². The predicted molar refractivity (Wildman–Crippen MR) is 61.7 cm³/mol. The van der Waals surface area contributed by atoms with Crippen LogP contribution < -0.4 is 11.5 Å². The summed E-state index contributed by atoms with van der Waals surface area (Å²) in [6, 6.07) is 5.43.